The molecule has 0 aliphatic carbocycles. The summed E-state index contributed by atoms with van der Waals surface area (Å²) >= 11 is 0. The van der Waals surface area contributed by atoms with Crippen LogP contribution >= 0.6 is 0 Å². The van der Waals surface area contributed by atoms with Crippen LogP contribution in [0.4, 0.5) is 0 Å². The first-order valence-electron chi connectivity index (χ1n) is 12.8. The topological polar surface area (TPSA) is 50.6 Å². The zero-order valence-corrected chi connectivity index (χ0v) is 20.4. The van der Waals surface area contributed by atoms with Gasteiger partial charge in [0, 0.05) is 60.7 Å². The number of benzene rings is 1. The molecule has 34 heavy (non-hydrogen) atoms. The smallest absolute Gasteiger partial charge is 0.255 e. The van der Waals surface area contributed by atoms with Gasteiger partial charge in [-0.3, -0.25) is 9.78 Å². The molecule has 0 spiro atoms. The molecular formula is C28H36N4O2. The Hall–Kier alpha value is -2.86. The van der Waals surface area contributed by atoms with Crippen LogP contribution in [0.15, 0.2) is 48.8 Å². The molecule has 0 radical (unpaired) electrons. The van der Waals surface area contributed by atoms with Gasteiger partial charge in [-0.1, -0.05) is 0 Å². The van der Waals surface area contributed by atoms with Gasteiger partial charge in [0.1, 0.15) is 5.75 Å². The standard InChI is InChI=1S/C28H36N4O2/c1-21-6-7-24(20-29-21)28(33)31-15-11-25(12-16-31)32-17-10-23-19-26(8-9-27(23)32)34-18-4-14-30-13-3-5-22(30)2/h6-10,17,19-20,22,25H,3-5,11-16,18H2,1-2H3/t22-/m1/s1. The number of carbonyl (C=O) groups excluding carboxylic acids is 1. The molecule has 6 nitrogen and oxygen atoms in total. The fraction of sp³-hybridized carbons (Fsp3) is 0.500. The van der Waals surface area contributed by atoms with Gasteiger partial charge >= 0.3 is 0 Å². The van der Waals surface area contributed by atoms with Gasteiger partial charge in [-0.25, -0.2) is 0 Å². The zero-order valence-electron chi connectivity index (χ0n) is 20.4. The van der Waals surface area contributed by atoms with Crippen LogP contribution in [0.2, 0.25) is 0 Å². The van der Waals surface area contributed by atoms with E-state index in [1.807, 2.05) is 24.0 Å². The van der Waals surface area contributed by atoms with Gasteiger partial charge in [-0.05, 0) is 88.9 Å². The minimum Gasteiger partial charge on any atom is -0.494 e. The summed E-state index contributed by atoms with van der Waals surface area (Å²) in [4.78, 5) is 21.6. The summed E-state index contributed by atoms with van der Waals surface area (Å²) in [5, 5.41) is 1.22. The summed E-state index contributed by atoms with van der Waals surface area (Å²) in [6.45, 7) is 8.93. The molecule has 2 saturated heterocycles. The Morgan fingerprint density at radius 2 is 1.94 bits per heavy atom. The summed E-state index contributed by atoms with van der Waals surface area (Å²) in [7, 11) is 0. The summed E-state index contributed by atoms with van der Waals surface area (Å²) in [6, 6.07) is 13.5. The highest BCUT2D eigenvalue weighted by atomic mass is 16.5. The highest BCUT2D eigenvalue weighted by Crippen LogP contribution is 2.30. The van der Waals surface area contributed by atoms with Crippen molar-refractivity contribution in [2.45, 2.75) is 58.0 Å². The van der Waals surface area contributed by atoms with Crippen LogP contribution in [0.3, 0.4) is 0 Å². The molecule has 0 saturated carbocycles. The number of aryl methyl sites for hydroxylation is 1. The minimum atomic E-state index is 0.0873. The van der Waals surface area contributed by atoms with E-state index in [1.54, 1.807) is 6.20 Å². The number of ether oxygens (including phenoxy) is 1. The third-order valence-electron chi connectivity index (χ3n) is 7.54. The Morgan fingerprint density at radius 1 is 1.09 bits per heavy atom. The number of hydrogen-bond acceptors (Lipinski definition) is 4. The Balaban J connectivity index is 1.15. The molecule has 1 atom stereocenters. The van der Waals surface area contributed by atoms with Gasteiger partial charge < -0.3 is 19.1 Å². The number of hydrogen-bond donors (Lipinski definition) is 0. The van der Waals surface area contributed by atoms with E-state index in [1.165, 1.54) is 30.3 Å². The molecule has 0 N–H and O–H groups in total. The monoisotopic (exact) mass is 460 g/mol. The van der Waals surface area contributed by atoms with Crippen molar-refractivity contribution in [3.63, 3.8) is 0 Å². The quantitative estimate of drug-likeness (QED) is 0.462. The number of fused-ring (bicyclic) bond motifs is 1. The molecule has 2 aromatic heterocycles. The number of pyridine rings is 1. The second-order valence-corrected chi connectivity index (χ2v) is 9.88. The van der Waals surface area contributed by atoms with E-state index in [4.69, 9.17) is 4.74 Å². The van der Waals surface area contributed by atoms with Crippen molar-refractivity contribution in [1.29, 1.82) is 0 Å². The van der Waals surface area contributed by atoms with Crippen molar-refractivity contribution in [3.8, 4) is 5.75 Å². The maximum Gasteiger partial charge on any atom is 0.255 e. The van der Waals surface area contributed by atoms with E-state index in [9.17, 15) is 4.79 Å². The predicted molar refractivity (Wildman–Crippen MR) is 135 cm³/mol. The van der Waals surface area contributed by atoms with E-state index in [0.29, 0.717) is 11.6 Å². The largest absolute Gasteiger partial charge is 0.494 e. The zero-order chi connectivity index (χ0) is 23.5. The Bertz CT molecular complexity index is 1120. The van der Waals surface area contributed by atoms with Crippen LogP contribution in [0.25, 0.3) is 10.9 Å². The SMILES string of the molecule is Cc1ccc(C(=O)N2CCC(n3ccc4cc(OCCCN5CCC[C@H]5C)ccc43)CC2)cn1. The van der Waals surface area contributed by atoms with Crippen molar-refractivity contribution in [2.24, 2.45) is 0 Å². The fourth-order valence-electron chi connectivity index (χ4n) is 5.46. The van der Waals surface area contributed by atoms with Gasteiger partial charge in [0.05, 0.1) is 12.2 Å². The lowest BCUT2D eigenvalue weighted by Crippen LogP contribution is -2.39. The van der Waals surface area contributed by atoms with Gasteiger partial charge in [0.2, 0.25) is 0 Å². The molecule has 6 heteroatoms. The van der Waals surface area contributed by atoms with Crippen molar-refractivity contribution in [3.05, 3.63) is 60.0 Å². The third-order valence-corrected chi connectivity index (χ3v) is 7.54. The average Bonchev–Trinajstić information content (AvgIpc) is 3.47. The van der Waals surface area contributed by atoms with Crippen LogP contribution in [-0.4, -0.2) is 64.1 Å². The van der Waals surface area contributed by atoms with E-state index in [2.05, 4.69) is 51.8 Å². The Kier molecular flexibility index (Phi) is 6.86. The lowest BCUT2D eigenvalue weighted by molar-refractivity contribution is 0.0695. The molecule has 1 amide bonds. The van der Waals surface area contributed by atoms with Gasteiger partial charge in [-0.15, -0.1) is 0 Å². The Labute approximate surface area is 202 Å². The molecule has 2 aliphatic heterocycles. The summed E-state index contributed by atoms with van der Waals surface area (Å²) in [6.07, 6.45) is 9.53. The number of carbonyl (C=O) groups is 1. The average molecular weight is 461 g/mol. The first-order chi connectivity index (χ1) is 16.6. The molecule has 4 heterocycles. The molecule has 2 fully saturated rings. The number of amides is 1. The first-order valence-corrected chi connectivity index (χ1v) is 12.8. The van der Waals surface area contributed by atoms with Crippen molar-refractivity contribution < 1.29 is 9.53 Å². The lowest BCUT2D eigenvalue weighted by Gasteiger charge is -2.33. The molecule has 0 unspecified atom stereocenters. The number of piperidine rings is 1. The highest BCUT2D eigenvalue weighted by molar-refractivity contribution is 5.94. The fourth-order valence-corrected chi connectivity index (χ4v) is 5.46. The van der Waals surface area contributed by atoms with Crippen LogP contribution in [-0.2, 0) is 0 Å². The second kappa shape index (κ2) is 10.2. The molecule has 1 aromatic carbocycles. The van der Waals surface area contributed by atoms with Crippen molar-refractivity contribution >= 4 is 16.8 Å². The number of aromatic nitrogens is 2. The molecule has 5 rings (SSSR count). The number of likely N-dealkylation sites (tertiary alicyclic amines) is 2. The van der Waals surface area contributed by atoms with Crippen LogP contribution in [0.5, 0.6) is 5.75 Å². The van der Waals surface area contributed by atoms with Crippen LogP contribution in [0, 0.1) is 6.92 Å². The molecule has 0 bridgehead atoms. The first kappa shape index (κ1) is 22.9. The lowest BCUT2D eigenvalue weighted by atomic mass is 10.0. The van der Waals surface area contributed by atoms with Crippen molar-refractivity contribution in [2.75, 3.05) is 32.8 Å². The molecular weight excluding hydrogens is 424 g/mol. The Morgan fingerprint density at radius 3 is 2.68 bits per heavy atom. The maximum absolute atomic E-state index is 12.8. The van der Waals surface area contributed by atoms with Crippen LogP contribution < -0.4 is 4.74 Å². The maximum atomic E-state index is 12.8. The van der Waals surface area contributed by atoms with E-state index < -0.39 is 0 Å². The van der Waals surface area contributed by atoms with Gasteiger partial charge in [-0.2, -0.15) is 0 Å². The van der Waals surface area contributed by atoms with Gasteiger partial charge in [0.15, 0.2) is 0 Å². The number of rotatable bonds is 7. The van der Waals surface area contributed by atoms with E-state index in [-0.39, 0.29) is 5.91 Å². The third kappa shape index (κ3) is 4.97. The predicted octanol–water partition coefficient (Wildman–Crippen LogP) is 5.08. The van der Waals surface area contributed by atoms with Crippen LogP contribution in [0.1, 0.15) is 61.1 Å². The molecule has 2 aliphatic rings. The molecule has 180 valence electrons. The van der Waals surface area contributed by atoms with Crippen molar-refractivity contribution in [1.82, 2.24) is 19.4 Å². The minimum absolute atomic E-state index is 0.0873. The summed E-state index contributed by atoms with van der Waals surface area (Å²) in [5.74, 6) is 1.04. The summed E-state index contributed by atoms with van der Waals surface area (Å²) < 4.78 is 8.45. The summed E-state index contributed by atoms with van der Waals surface area (Å²) in [5.41, 5.74) is 2.85. The molecule has 3 aromatic rings. The normalized spacial score (nSPS) is 19.7. The van der Waals surface area contributed by atoms with E-state index >= 15 is 0 Å². The van der Waals surface area contributed by atoms with Gasteiger partial charge in [0.25, 0.3) is 5.91 Å². The van der Waals surface area contributed by atoms with E-state index in [0.717, 1.165) is 63.0 Å². The second-order valence-electron chi connectivity index (χ2n) is 9.88. The number of nitrogens with zero attached hydrogens (tertiary/aromatic N) is 4. The highest BCUT2D eigenvalue weighted by Gasteiger charge is 2.25.